The zero-order chi connectivity index (χ0) is 27.8. The molecule has 0 heterocycles. The van der Waals surface area contributed by atoms with E-state index >= 15 is 0 Å². The minimum absolute atomic E-state index is 0.00615. The summed E-state index contributed by atoms with van der Waals surface area (Å²) in [6, 6.07) is 6.44. The third-order valence-electron chi connectivity index (χ3n) is 6.96. The number of non-ortho nitro benzene ring substituents is 2. The number of allylic oxidation sites excluding steroid dienone is 4. The Morgan fingerprint density at radius 2 is 1.05 bits per heavy atom. The third kappa shape index (κ3) is 4.65. The predicted octanol–water partition coefficient (Wildman–Crippen LogP) is 4.56. The van der Waals surface area contributed by atoms with Crippen molar-refractivity contribution in [3.63, 3.8) is 0 Å². The molecule has 0 amide bonds. The van der Waals surface area contributed by atoms with Crippen molar-refractivity contribution in [3.05, 3.63) is 101 Å². The first kappa shape index (κ1) is 25.1. The van der Waals surface area contributed by atoms with E-state index < -0.39 is 42.4 Å². The summed E-state index contributed by atoms with van der Waals surface area (Å²) in [4.78, 5) is 42.0. The molecule has 3 aliphatic carbocycles. The van der Waals surface area contributed by atoms with E-state index in [9.17, 15) is 40.5 Å². The summed E-state index contributed by atoms with van der Waals surface area (Å²) in [5.74, 6) is -0.0310. The van der Waals surface area contributed by atoms with Gasteiger partial charge in [0, 0.05) is 24.0 Å². The number of rotatable bonds is 8. The van der Waals surface area contributed by atoms with Crippen LogP contribution in [0.15, 0.2) is 70.9 Å². The molecule has 0 saturated heterocycles. The second-order valence-electron chi connectivity index (χ2n) is 9.06. The van der Waals surface area contributed by atoms with Crippen LogP contribution in [-0.4, -0.2) is 31.1 Å². The van der Waals surface area contributed by atoms with Gasteiger partial charge in [-0.15, -0.1) is 0 Å². The number of hydrogen-bond donors (Lipinski definition) is 2. The fourth-order valence-corrected chi connectivity index (χ4v) is 5.25. The van der Waals surface area contributed by atoms with Crippen molar-refractivity contribution < 1.29 is 19.7 Å². The summed E-state index contributed by atoms with van der Waals surface area (Å²) in [6.45, 7) is 0. The Morgan fingerprint density at radius 3 is 1.41 bits per heavy atom. The van der Waals surface area contributed by atoms with Crippen LogP contribution in [0.2, 0.25) is 0 Å². The highest BCUT2D eigenvalue weighted by molar-refractivity contribution is 6.13. The van der Waals surface area contributed by atoms with Gasteiger partial charge in [-0.1, -0.05) is 12.2 Å². The van der Waals surface area contributed by atoms with Gasteiger partial charge in [0.25, 0.3) is 11.4 Å². The number of nitrogens with zero attached hydrogens (tertiary/aromatic N) is 6. The summed E-state index contributed by atoms with van der Waals surface area (Å²) in [5.41, 5.74) is 4.71. The SMILES string of the molecule is O=[N+]([O-])c1ccc(N/N=C2C=C/C(=N/Nc3ccc([N+](=O)[O-])cc3[N+](=O)[O-])[C@@H]3[C@@H]/2[C@H]2C=C[C@H]3C2)c([N+](=O)[O-])c1. The molecule has 0 radical (unpaired) electrons. The maximum absolute atomic E-state index is 11.5. The van der Waals surface area contributed by atoms with Crippen LogP contribution in [0.3, 0.4) is 0 Å². The molecule has 2 aromatic rings. The smallest absolute Gasteiger partial charge is 0.271 e. The Kier molecular flexibility index (Phi) is 6.27. The zero-order valence-corrected chi connectivity index (χ0v) is 19.7. The van der Waals surface area contributed by atoms with Gasteiger partial charge in [-0.05, 0) is 42.5 Å². The van der Waals surface area contributed by atoms with Crippen LogP contribution in [-0.2, 0) is 0 Å². The van der Waals surface area contributed by atoms with Crippen LogP contribution >= 0.6 is 0 Å². The number of hydrogen-bond acceptors (Lipinski definition) is 12. The predicted molar refractivity (Wildman–Crippen MR) is 138 cm³/mol. The minimum Gasteiger partial charge on any atom is -0.271 e. The van der Waals surface area contributed by atoms with Crippen LogP contribution in [0, 0.1) is 64.1 Å². The normalized spacial score (nSPS) is 24.5. The van der Waals surface area contributed by atoms with E-state index in [1.807, 2.05) is 0 Å². The van der Waals surface area contributed by atoms with Crippen LogP contribution in [0.1, 0.15) is 6.42 Å². The number of hydrazone groups is 2. The number of nitro benzene ring substituents is 4. The standard InChI is InChI=1S/C23H18N8O8/c32-28(33)14-3-5-16(20(10-14)30(36)37)24-26-18-7-8-19(23-13-2-1-12(9-13)22(18)23)27-25-17-6-4-15(29(34)35)11-21(17)31(38)39/h1-8,10-13,22-25H,9H2/b26-18-,27-19-/t12-,13-,22+,23+/m0/s1. The molecule has 1 saturated carbocycles. The average molecular weight is 534 g/mol. The lowest BCUT2D eigenvalue weighted by Gasteiger charge is -2.31. The molecule has 1 fully saturated rings. The molecule has 16 heteroatoms. The molecule has 39 heavy (non-hydrogen) atoms. The van der Waals surface area contributed by atoms with Gasteiger partial charge >= 0.3 is 11.4 Å². The highest BCUT2D eigenvalue weighted by atomic mass is 16.6. The lowest BCUT2D eigenvalue weighted by Crippen LogP contribution is -2.36. The molecule has 0 unspecified atom stereocenters. The second kappa shape index (κ2) is 9.73. The first-order valence-electron chi connectivity index (χ1n) is 11.5. The van der Waals surface area contributed by atoms with Crippen LogP contribution in [0.25, 0.3) is 0 Å². The second-order valence-corrected chi connectivity index (χ2v) is 9.06. The van der Waals surface area contributed by atoms with Crippen molar-refractivity contribution in [1.82, 2.24) is 0 Å². The van der Waals surface area contributed by atoms with Crippen molar-refractivity contribution >= 4 is 45.5 Å². The molecule has 3 aliphatic rings. The van der Waals surface area contributed by atoms with E-state index in [-0.39, 0.29) is 35.0 Å². The van der Waals surface area contributed by atoms with Crippen molar-refractivity contribution in [2.45, 2.75) is 6.42 Å². The summed E-state index contributed by atoms with van der Waals surface area (Å²) < 4.78 is 0. The molecule has 5 rings (SSSR count). The Morgan fingerprint density at radius 1 is 0.641 bits per heavy atom. The quantitative estimate of drug-likeness (QED) is 0.273. The third-order valence-corrected chi connectivity index (χ3v) is 6.96. The van der Waals surface area contributed by atoms with Gasteiger partial charge in [0.15, 0.2) is 0 Å². The number of nitrogens with one attached hydrogen (secondary N) is 2. The zero-order valence-electron chi connectivity index (χ0n) is 19.7. The van der Waals surface area contributed by atoms with Crippen LogP contribution in [0.4, 0.5) is 34.1 Å². The molecule has 0 spiro atoms. The van der Waals surface area contributed by atoms with Gasteiger partial charge < -0.3 is 0 Å². The van der Waals surface area contributed by atoms with Crippen molar-refractivity contribution in [1.29, 1.82) is 0 Å². The first-order valence-corrected chi connectivity index (χ1v) is 11.5. The van der Waals surface area contributed by atoms with Crippen LogP contribution in [0.5, 0.6) is 0 Å². The average Bonchev–Trinajstić information content (AvgIpc) is 3.53. The Balaban J connectivity index is 1.44. The minimum atomic E-state index is -0.733. The van der Waals surface area contributed by atoms with E-state index in [0.717, 1.165) is 30.7 Å². The van der Waals surface area contributed by atoms with Crippen LogP contribution < -0.4 is 10.9 Å². The maximum atomic E-state index is 11.5. The van der Waals surface area contributed by atoms with E-state index in [2.05, 4.69) is 33.2 Å². The lowest BCUT2D eigenvalue weighted by molar-refractivity contribution is -0.393. The molecule has 198 valence electrons. The molecule has 2 aromatic carbocycles. The number of nitro groups is 4. The molecule has 16 nitrogen and oxygen atoms in total. The molecule has 0 aliphatic heterocycles. The largest absolute Gasteiger partial charge is 0.301 e. The monoisotopic (exact) mass is 534 g/mol. The molecule has 0 aromatic heterocycles. The van der Waals surface area contributed by atoms with Crippen molar-refractivity contribution in [3.8, 4) is 0 Å². The molecule has 4 atom stereocenters. The first-order chi connectivity index (χ1) is 18.6. The Labute approximate surface area is 218 Å². The highest BCUT2D eigenvalue weighted by Crippen LogP contribution is 2.51. The van der Waals surface area contributed by atoms with E-state index in [1.165, 1.54) is 12.1 Å². The summed E-state index contributed by atoms with van der Waals surface area (Å²) in [6.07, 6.45) is 8.34. The van der Waals surface area contributed by atoms with E-state index in [1.54, 1.807) is 12.2 Å². The fraction of sp³-hybridized carbons (Fsp3) is 0.217. The highest BCUT2D eigenvalue weighted by Gasteiger charge is 2.49. The van der Waals surface area contributed by atoms with E-state index in [4.69, 9.17) is 0 Å². The van der Waals surface area contributed by atoms with Gasteiger partial charge in [-0.2, -0.15) is 10.2 Å². The molecule has 2 bridgehead atoms. The summed E-state index contributed by atoms with van der Waals surface area (Å²) in [7, 11) is 0. The van der Waals surface area contributed by atoms with Gasteiger partial charge in [0.05, 0.1) is 43.2 Å². The fourth-order valence-electron chi connectivity index (χ4n) is 5.25. The topological polar surface area (TPSA) is 221 Å². The number of benzene rings is 2. The lowest BCUT2D eigenvalue weighted by atomic mass is 9.74. The van der Waals surface area contributed by atoms with Gasteiger partial charge in [0.2, 0.25) is 0 Å². The summed E-state index contributed by atoms with van der Waals surface area (Å²) >= 11 is 0. The Hall–Kier alpha value is -5.54. The molecule has 2 N–H and O–H groups in total. The van der Waals surface area contributed by atoms with Crippen molar-refractivity contribution in [2.24, 2.45) is 33.9 Å². The summed E-state index contributed by atoms with van der Waals surface area (Å²) in [5, 5.41) is 53.7. The van der Waals surface area contributed by atoms with E-state index in [0.29, 0.717) is 11.4 Å². The van der Waals surface area contributed by atoms with Gasteiger partial charge in [-0.3, -0.25) is 51.3 Å². The Bertz CT molecular complexity index is 1440. The van der Waals surface area contributed by atoms with Crippen molar-refractivity contribution in [2.75, 3.05) is 10.9 Å². The van der Waals surface area contributed by atoms with Gasteiger partial charge in [-0.25, -0.2) is 0 Å². The molecular formula is C23H18N8O8. The number of fused-ring (bicyclic) bond motifs is 5. The molecular weight excluding hydrogens is 516 g/mol. The number of anilines is 2. The van der Waals surface area contributed by atoms with Gasteiger partial charge in [0.1, 0.15) is 11.4 Å². The maximum Gasteiger partial charge on any atom is 0.301 e.